The fourth-order valence-electron chi connectivity index (χ4n) is 9.11. The van der Waals surface area contributed by atoms with E-state index in [-0.39, 0.29) is 0 Å². The lowest BCUT2D eigenvalue weighted by Crippen LogP contribution is -2.00. The summed E-state index contributed by atoms with van der Waals surface area (Å²) >= 11 is 3.68. The number of aromatic nitrogens is 4. The van der Waals surface area contributed by atoms with E-state index in [1.807, 2.05) is 22.7 Å². The Bertz CT molecular complexity index is 3580. The fourth-order valence-corrected chi connectivity index (χ4v) is 11.3. The second kappa shape index (κ2) is 12.2. The molecule has 0 saturated heterocycles. The van der Waals surface area contributed by atoms with Gasteiger partial charge in [-0.1, -0.05) is 97.1 Å². The van der Waals surface area contributed by atoms with Crippen LogP contribution >= 0.6 is 22.7 Å². The highest BCUT2D eigenvalue weighted by Gasteiger charge is 2.20. The number of hydrogen-bond acceptors (Lipinski definition) is 4. The zero-order valence-electron chi connectivity index (χ0n) is 30.9. The van der Waals surface area contributed by atoms with E-state index >= 15 is 0 Å². The molecule has 6 heteroatoms. The zero-order valence-corrected chi connectivity index (χ0v) is 32.6. The largest absolute Gasteiger partial charge is 0.294 e. The molecule has 0 amide bonds. The van der Waals surface area contributed by atoms with Crippen LogP contribution in [0.3, 0.4) is 0 Å². The van der Waals surface area contributed by atoms with Crippen molar-refractivity contribution in [2.24, 2.45) is 0 Å². The molecule has 0 aliphatic carbocycles. The Morgan fingerprint density at radius 3 is 1.22 bits per heavy atom. The van der Waals surface area contributed by atoms with E-state index in [4.69, 9.17) is 9.97 Å². The van der Waals surface area contributed by atoms with Crippen LogP contribution in [0.15, 0.2) is 182 Å². The Hall–Kier alpha value is -7.12. The molecule has 0 aliphatic heterocycles. The van der Waals surface area contributed by atoms with Gasteiger partial charge in [-0.2, -0.15) is 0 Å². The molecular weight excluding hydrogens is 745 g/mol. The highest BCUT2D eigenvalue weighted by atomic mass is 32.1. The summed E-state index contributed by atoms with van der Waals surface area (Å²) in [6.07, 6.45) is 0. The highest BCUT2D eigenvalue weighted by molar-refractivity contribution is 7.26. The number of rotatable bonds is 4. The lowest BCUT2D eigenvalue weighted by Gasteiger charge is -2.11. The molecule has 13 aromatic rings. The predicted octanol–water partition coefficient (Wildman–Crippen LogP) is 14.7. The van der Waals surface area contributed by atoms with E-state index in [1.54, 1.807) is 0 Å². The summed E-state index contributed by atoms with van der Waals surface area (Å²) in [4.78, 5) is 10.8. The molecule has 0 unspecified atom stereocenters. The predicted molar refractivity (Wildman–Crippen MR) is 247 cm³/mol. The Morgan fingerprint density at radius 1 is 0.293 bits per heavy atom. The van der Waals surface area contributed by atoms with Gasteiger partial charge in [0.1, 0.15) is 11.6 Å². The number of benzene rings is 7. The van der Waals surface area contributed by atoms with Crippen LogP contribution in [0.4, 0.5) is 0 Å². The van der Waals surface area contributed by atoms with Gasteiger partial charge >= 0.3 is 0 Å². The molecule has 13 rings (SSSR count). The lowest BCUT2D eigenvalue weighted by molar-refractivity contribution is 1.07. The molecule has 6 heterocycles. The summed E-state index contributed by atoms with van der Waals surface area (Å²) in [5, 5.41) is 9.92. The van der Waals surface area contributed by atoms with Gasteiger partial charge in [0.15, 0.2) is 0 Å². The summed E-state index contributed by atoms with van der Waals surface area (Å²) < 4.78 is 9.86. The highest BCUT2D eigenvalue weighted by Crippen LogP contribution is 2.41. The minimum atomic E-state index is 0.887. The Morgan fingerprint density at radius 2 is 0.724 bits per heavy atom. The maximum Gasteiger partial charge on any atom is 0.138 e. The third-order valence-corrected chi connectivity index (χ3v) is 14.0. The van der Waals surface area contributed by atoms with Gasteiger partial charge in [0.2, 0.25) is 0 Å². The minimum Gasteiger partial charge on any atom is -0.294 e. The lowest BCUT2D eigenvalue weighted by atomic mass is 10.1. The standard InChI is InChI=1S/C52H30N4S2/c1-5-17-43-33(11-1)37-29-38-34-12-2-6-18-44(34)56(52-22-10-16-42(54-52)32-24-26-50-40(28-32)36-14-4-8-20-48(36)58-50)46(38)30-45(37)55(43)51-21-9-15-41(53-51)31-23-25-49-39(27-31)35-13-3-7-19-47(35)57-49/h1-30H. The van der Waals surface area contributed by atoms with Crippen LogP contribution in [0.2, 0.25) is 0 Å². The van der Waals surface area contributed by atoms with Crippen molar-refractivity contribution in [2.45, 2.75) is 0 Å². The van der Waals surface area contributed by atoms with Crippen LogP contribution in [0.25, 0.3) is 118 Å². The van der Waals surface area contributed by atoms with E-state index in [0.717, 1.165) is 56.2 Å². The summed E-state index contributed by atoms with van der Waals surface area (Å²) in [5.41, 5.74) is 8.58. The maximum atomic E-state index is 5.39. The van der Waals surface area contributed by atoms with Crippen molar-refractivity contribution in [3.05, 3.63) is 182 Å². The molecular formula is C52H30N4S2. The molecule has 0 bridgehead atoms. The third-order valence-electron chi connectivity index (χ3n) is 11.7. The summed E-state index contributed by atoms with van der Waals surface area (Å²) in [7, 11) is 0. The fraction of sp³-hybridized carbons (Fsp3) is 0. The van der Waals surface area contributed by atoms with Crippen LogP contribution in [-0.4, -0.2) is 19.1 Å². The van der Waals surface area contributed by atoms with Crippen molar-refractivity contribution in [1.82, 2.24) is 19.1 Å². The van der Waals surface area contributed by atoms with Gasteiger partial charge in [-0.25, -0.2) is 9.97 Å². The topological polar surface area (TPSA) is 35.6 Å². The van der Waals surface area contributed by atoms with E-state index in [2.05, 4.69) is 191 Å². The van der Waals surface area contributed by atoms with Crippen molar-refractivity contribution < 1.29 is 0 Å². The van der Waals surface area contributed by atoms with Gasteiger partial charge in [0.05, 0.1) is 33.5 Å². The van der Waals surface area contributed by atoms with Crippen LogP contribution in [0, 0.1) is 0 Å². The zero-order chi connectivity index (χ0) is 37.9. The van der Waals surface area contributed by atoms with Crippen molar-refractivity contribution >= 4 is 107 Å². The number of fused-ring (bicyclic) bond motifs is 12. The van der Waals surface area contributed by atoms with Crippen molar-refractivity contribution in [3.8, 4) is 34.2 Å². The summed E-state index contributed by atoms with van der Waals surface area (Å²) in [5.74, 6) is 1.77. The molecule has 0 radical (unpaired) electrons. The van der Waals surface area contributed by atoms with Gasteiger partial charge in [-0.3, -0.25) is 9.13 Å². The number of nitrogens with zero attached hydrogens (tertiary/aromatic N) is 4. The monoisotopic (exact) mass is 774 g/mol. The van der Waals surface area contributed by atoms with E-state index < -0.39 is 0 Å². The maximum absolute atomic E-state index is 5.39. The van der Waals surface area contributed by atoms with Crippen molar-refractivity contribution in [2.75, 3.05) is 0 Å². The molecule has 0 N–H and O–H groups in total. The second-order valence-electron chi connectivity index (χ2n) is 15.0. The van der Waals surface area contributed by atoms with Gasteiger partial charge in [0, 0.05) is 73.0 Å². The molecule has 4 nitrogen and oxygen atoms in total. The van der Waals surface area contributed by atoms with Crippen LogP contribution in [-0.2, 0) is 0 Å². The first-order valence-corrected chi connectivity index (χ1v) is 21.1. The number of hydrogen-bond donors (Lipinski definition) is 0. The Balaban J connectivity index is 1.01. The number of pyridine rings is 2. The van der Waals surface area contributed by atoms with Crippen LogP contribution < -0.4 is 0 Å². The quantitative estimate of drug-likeness (QED) is 0.178. The molecule has 6 aromatic heterocycles. The van der Waals surface area contributed by atoms with Crippen molar-refractivity contribution in [1.29, 1.82) is 0 Å². The molecule has 0 aliphatic rings. The van der Waals surface area contributed by atoms with E-state index in [9.17, 15) is 0 Å². The van der Waals surface area contributed by atoms with Gasteiger partial charge < -0.3 is 0 Å². The van der Waals surface area contributed by atoms with Gasteiger partial charge in [0.25, 0.3) is 0 Å². The SMILES string of the molecule is c1cc(-c2ccc3sc4ccccc4c3c2)nc(-n2c3ccccc3c3cc4c5ccccc5n(-c5cccc(-c6ccc7sc8ccccc8c7c6)n5)c4cc32)c1. The van der Waals surface area contributed by atoms with E-state index in [0.29, 0.717) is 0 Å². The van der Waals surface area contributed by atoms with E-state index in [1.165, 1.54) is 61.9 Å². The molecule has 0 saturated carbocycles. The summed E-state index contributed by atoms with van der Waals surface area (Å²) in [6.45, 7) is 0. The van der Waals surface area contributed by atoms with Crippen LogP contribution in [0.1, 0.15) is 0 Å². The average molecular weight is 775 g/mol. The molecule has 0 atom stereocenters. The van der Waals surface area contributed by atoms with Crippen molar-refractivity contribution in [3.63, 3.8) is 0 Å². The van der Waals surface area contributed by atoms with Gasteiger partial charge in [-0.05, 0) is 84.9 Å². The Labute approximate surface area is 340 Å². The molecule has 58 heavy (non-hydrogen) atoms. The summed E-state index contributed by atoms with van der Waals surface area (Å²) in [6, 6.07) is 65.7. The first-order chi connectivity index (χ1) is 28.7. The normalized spacial score (nSPS) is 12.1. The average Bonchev–Trinajstić information content (AvgIpc) is 4.03. The smallest absolute Gasteiger partial charge is 0.138 e. The Kier molecular flexibility index (Phi) is 6.73. The number of thiophene rings is 2. The third kappa shape index (κ3) is 4.67. The van der Waals surface area contributed by atoms with Crippen LogP contribution in [0.5, 0.6) is 0 Å². The first-order valence-electron chi connectivity index (χ1n) is 19.5. The molecule has 270 valence electrons. The first kappa shape index (κ1) is 32.0. The molecule has 7 aromatic carbocycles. The molecule has 0 spiro atoms. The molecule has 0 fully saturated rings. The minimum absolute atomic E-state index is 0.887. The second-order valence-corrected chi connectivity index (χ2v) is 17.1. The van der Waals surface area contributed by atoms with Gasteiger partial charge in [-0.15, -0.1) is 22.7 Å². The number of para-hydroxylation sites is 2.